The molecular formula is C15H26Br2CuN2. The molecule has 0 aromatic rings. The van der Waals surface area contributed by atoms with Gasteiger partial charge in [0.05, 0.1) is 0 Å². The van der Waals surface area contributed by atoms with Gasteiger partial charge in [-0.3, -0.25) is 9.80 Å². The van der Waals surface area contributed by atoms with Crippen LogP contribution in [0.25, 0.3) is 0 Å². The topological polar surface area (TPSA) is 6.48 Å². The zero-order valence-electron chi connectivity index (χ0n) is 12.0. The van der Waals surface area contributed by atoms with Crippen LogP contribution >= 0.6 is 28.2 Å². The molecule has 0 saturated carbocycles. The van der Waals surface area contributed by atoms with Gasteiger partial charge in [-0.2, -0.15) is 0 Å². The molecule has 0 N–H and O–H groups in total. The van der Waals surface area contributed by atoms with E-state index in [1.807, 2.05) is 0 Å². The van der Waals surface area contributed by atoms with Crippen molar-refractivity contribution in [1.29, 1.82) is 0 Å². The zero-order valence-corrected chi connectivity index (χ0v) is 16.2. The zero-order chi connectivity index (χ0) is 13.9. The summed E-state index contributed by atoms with van der Waals surface area (Å²) in [5, 5.41) is 0. The first-order chi connectivity index (χ1) is 9.83. The van der Waals surface area contributed by atoms with E-state index in [-0.39, 0.29) is 0 Å². The molecule has 4 fully saturated rings. The second-order valence-electron chi connectivity index (χ2n) is 6.92. The van der Waals surface area contributed by atoms with Crippen molar-refractivity contribution in [3.05, 3.63) is 0 Å². The molecule has 2 bridgehead atoms. The number of halogens is 2. The Labute approximate surface area is 143 Å². The number of fused-ring (bicyclic) bond motifs is 6. The number of rotatable bonds is 0. The molecule has 0 aromatic carbocycles. The van der Waals surface area contributed by atoms with Crippen LogP contribution in [0.2, 0.25) is 0 Å². The standard InChI is InChI=1S/C15H26N2.2BrH.Cu/c1-3-7-16-11-13-9-12(14(16)5-1)10-17-8-4-2-6-15(13)17;;;/h12-15H,1-11H2;2*1H;/q;;;+2/p-2. The molecule has 4 saturated heterocycles. The second-order valence-corrected chi connectivity index (χ2v) is 11.7. The Balaban J connectivity index is 0.000000373. The molecule has 4 aliphatic heterocycles. The van der Waals surface area contributed by atoms with E-state index in [0.29, 0.717) is 0 Å². The molecule has 0 aliphatic carbocycles. The van der Waals surface area contributed by atoms with Gasteiger partial charge in [0.1, 0.15) is 0 Å². The van der Waals surface area contributed by atoms with Crippen molar-refractivity contribution in [2.75, 3.05) is 26.2 Å². The van der Waals surface area contributed by atoms with Crippen LogP contribution in [0.1, 0.15) is 44.9 Å². The van der Waals surface area contributed by atoms with Gasteiger partial charge in [-0.1, -0.05) is 12.8 Å². The first-order valence-corrected chi connectivity index (χ1v) is 12.8. The van der Waals surface area contributed by atoms with Gasteiger partial charge >= 0.3 is 39.6 Å². The molecule has 0 aromatic heterocycles. The summed E-state index contributed by atoms with van der Waals surface area (Å²) in [7, 11) is 0. The van der Waals surface area contributed by atoms with Crippen LogP contribution < -0.4 is 0 Å². The van der Waals surface area contributed by atoms with E-state index in [4.69, 9.17) is 0 Å². The van der Waals surface area contributed by atoms with Gasteiger partial charge < -0.3 is 0 Å². The monoisotopic (exact) mass is 455 g/mol. The molecule has 121 valence electrons. The van der Waals surface area contributed by atoms with Crippen molar-refractivity contribution in [3.8, 4) is 0 Å². The van der Waals surface area contributed by atoms with Gasteiger partial charge in [0.15, 0.2) is 0 Å². The van der Waals surface area contributed by atoms with Crippen molar-refractivity contribution in [1.82, 2.24) is 9.80 Å². The Morgan fingerprint density at radius 1 is 0.750 bits per heavy atom. The van der Waals surface area contributed by atoms with E-state index in [1.165, 1.54) is 76.0 Å². The van der Waals surface area contributed by atoms with Crippen molar-refractivity contribution in [3.63, 3.8) is 0 Å². The molecule has 5 heteroatoms. The number of nitrogens with zero attached hydrogens (tertiary/aromatic N) is 2. The fourth-order valence-corrected chi connectivity index (χ4v) is 5.25. The molecular weight excluding hydrogens is 432 g/mol. The number of hydrogen-bond acceptors (Lipinski definition) is 2. The molecule has 0 amide bonds. The quantitative estimate of drug-likeness (QED) is 0.507. The van der Waals surface area contributed by atoms with E-state index in [1.54, 1.807) is 6.42 Å². The van der Waals surface area contributed by atoms with Crippen LogP contribution in [0.3, 0.4) is 0 Å². The summed E-state index contributed by atoms with van der Waals surface area (Å²) >= 11 is 7.38. The van der Waals surface area contributed by atoms with Crippen molar-refractivity contribution in [2.24, 2.45) is 11.8 Å². The van der Waals surface area contributed by atoms with Crippen LogP contribution in [0, 0.1) is 11.8 Å². The van der Waals surface area contributed by atoms with Crippen molar-refractivity contribution < 1.29 is 11.3 Å². The third-order valence-corrected chi connectivity index (χ3v) is 5.96. The van der Waals surface area contributed by atoms with Crippen LogP contribution in [-0.2, 0) is 11.3 Å². The van der Waals surface area contributed by atoms with Crippen LogP contribution in [-0.4, -0.2) is 48.1 Å². The van der Waals surface area contributed by atoms with E-state index in [9.17, 15) is 0 Å². The van der Waals surface area contributed by atoms with Crippen LogP contribution in [0.15, 0.2) is 0 Å². The predicted octanol–water partition coefficient (Wildman–Crippen LogP) is 4.03. The maximum absolute atomic E-state index is 2.97. The molecule has 0 spiro atoms. The summed E-state index contributed by atoms with van der Waals surface area (Å²) in [6.45, 7) is 5.68. The predicted molar refractivity (Wildman–Crippen MR) is 87.9 cm³/mol. The molecule has 2 nitrogen and oxygen atoms in total. The summed E-state index contributed by atoms with van der Waals surface area (Å²) in [5.74, 6) is 2.03. The third-order valence-electron chi connectivity index (χ3n) is 5.96. The molecule has 4 aliphatic rings. The third kappa shape index (κ3) is 3.49. The Kier molecular flexibility index (Phi) is 6.33. The summed E-state index contributed by atoms with van der Waals surface area (Å²) in [6.07, 6.45) is 10.5. The molecule has 4 atom stereocenters. The van der Waals surface area contributed by atoms with Crippen molar-refractivity contribution in [2.45, 2.75) is 57.0 Å². The second kappa shape index (κ2) is 7.79. The fourth-order valence-electron chi connectivity index (χ4n) is 5.25. The Morgan fingerprint density at radius 2 is 1.20 bits per heavy atom. The van der Waals surface area contributed by atoms with Gasteiger partial charge in [-0.05, 0) is 57.0 Å². The summed E-state index contributed by atoms with van der Waals surface area (Å²) in [4.78, 5) is 5.74. The minimum absolute atomic E-state index is 0.961. The molecule has 4 rings (SSSR count). The molecule has 4 unspecified atom stereocenters. The van der Waals surface area contributed by atoms with Gasteiger partial charge in [-0.25, -0.2) is 0 Å². The molecule has 4 heterocycles. The summed E-state index contributed by atoms with van der Waals surface area (Å²) in [5.41, 5.74) is 0. The summed E-state index contributed by atoms with van der Waals surface area (Å²) < 4.78 is 0. The van der Waals surface area contributed by atoms with E-state index in [2.05, 4.69) is 38.0 Å². The van der Waals surface area contributed by atoms with Gasteiger partial charge in [0.25, 0.3) is 0 Å². The Bertz CT molecular complexity index is 290. The Morgan fingerprint density at radius 3 is 1.65 bits per heavy atom. The fraction of sp³-hybridized carbons (Fsp3) is 1.00. The SMILES string of the molecule is C1CCN2CC3CC(CN4CCCCC34)C2C1.[Br][Cu][Br]. The van der Waals surface area contributed by atoms with Crippen molar-refractivity contribution >= 4 is 28.2 Å². The average molecular weight is 458 g/mol. The Hall–Kier alpha value is 1.40. The molecule has 20 heavy (non-hydrogen) atoms. The first-order valence-electron chi connectivity index (χ1n) is 8.13. The number of piperidine rings is 4. The minimum atomic E-state index is 0.961. The average Bonchev–Trinajstić information content (AvgIpc) is 2.48. The first kappa shape index (κ1) is 16.3. The van der Waals surface area contributed by atoms with Crippen LogP contribution in [0.4, 0.5) is 0 Å². The van der Waals surface area contributed by atoms with Crippen LogP contribution in [0.5, 0.6) is 0 Å². The van der Waals surface area contributed by atoms with Gasteiger partial charge in [0, 0.05) is 25.2 Å². The van der Waals surface area contributed by atoms with E-state index < -0.39 is 0 Å². The van der Waals surface area contributed by atoms with Gasteiger partial charge in [-0.15, -0.1) is 0 Å². The number of hydrogen-bond donors (Lipinski definition) is 0. The molecule has 0 radical (unpaired) electrons. The van der Waals surface area contributed by atoms with E-state index >= 15 is 0 Å². The van der Waals surface area contributed by atoms with E-state index in [0.717, 1.165) is 23.9 Å². The normalized spacial score (nSPS) is 41.3. The maximum atomic E-state index is 2.97. The summed E-state index contributed by atoms with van der Waals surface area (Å²) in [6, 6.07) is 1.92. The van der Waals surface area contributed by atoms with Gasteiger partial charge in [0.2, 0.25) is 0 Å².